The fraction of sp³-hybridized carbons (Fsp3) is 0.467. The van der Waals surface area contributed by atoms with Crippen LogP contribution in [0.5, 0.6) is 5.75 Å². The summed E-state index contributed by atoms with van der Waals surface area (Å²) >= 11 is 0. The second kappa shape index (κ2) is 4.19. The van der Waals surface area contributed by atoms with Crippen molar-refractivity contribution in [2.24, 2.45) is 0 Å². The molecule has 1 fully saturated rings. The molecule has 3 rings (SSSR count). The highest BCUT2D eigenvalue weighted by Crippen LogP contribution is 2.42. The molecule has 90 valence electrons. The molecule has 0 saturated carbocycles. The summed E-state index contributed by atoms with van der Waals surface area (Å²) in [5.41, 5.74) is 2.82. The monoisotopic (exact) mass is 229 g/mol. The molecule has 17 heavy (non-hydrogen) atoms. The second-order valence-electron chi connectivity index (χ2n) is 5.17. The van der Waals surface area contributed by atoms with Crippen molar-refractivity contribution in [1.82, 2.24) is 4.90 Å². The highest BCUT2D eigenvalue weighted by atomic mass is 16.3. The molecule has 0 spiro atoms. The average molecular weight is 229 g/mol. The van der Waals surface area contributed by atoms with Gasteiger partial charge >= 0.3 is 0 Å². The number of aryl methyl sites for hydroxylation is 1. The molecule has 1 aromatic carbocycles. The van der Waals surface area contributed by atoms with Crippen LogP contribution in [-0.4, -0.2) is 29.1 Å². The van der Waals surface area contributed by atoms with Crippen molar-refractivity contribution in [3.63, 3.8) is 0 Å². The van der Waals surface area contributed by atoms with Crippen molar-refractivity contribution in [3.05, 3.63) is 42.0 Å². The van der Waals surface area contributed by atoms with Gasteiger partial charge in [-0.3, -0.25) is 4.90 Å². The number of rotatable bonds is 2. The van der Waals surface area contributed by atoms with Crippen molar-refractivity contribution in [1.29, 1.82) is 0 Å². The molecule has 1 saturated heterocycles. The van der Waals surface area contributed by atoms with E-state index in [4.69, 9.17) is 0 Å². The maximum Gasteiger partial charge on any atom is 0.115 e. The predicted molar refractivity (Wildman–Crippen MR) is 69.3 cm³/mol. The Morgan fingerprint density at radius 2 is 2.29 bits per heavy atom. The first-order chi connectivity index (χ1) is 8.29. The number of benzene rings is 1. The average Bonchev–Trinajstić information content (AvgIpc) is 2.73. The molecule has 2 aliphatic rings. The Bertz CT molecular complexity index is 441. The molecule has 0 aromatic heterocycles. The van der Waals surface area contributed by atoms with Gasteiger partial charge < -0.3 is 5.11 Å². The number of nitrogens with zero attached hydrogens (tertiary/aromatic N) is 1. The molecule has 2 atom stereocenters. The van der Waals surface area contributed by atoms with E-state index in [1.807, 2.05) is 18.2 Å². The first kappa shape index (κ1) is 10.8. The predicted octanol–water partition coefficient (Wildman–Crippen LogP) is 2.68. The van der Waals surface area contributed by atoms with Crippen LogP contribution in [-0.2, 0) is 6.42 Å². The Morgan fingerprint density at radius 3 is 3.12 bits per heavy atom. The summed E-state index contributed by atoms with van der Waals surface area (Å²) in [6.45, 7) is 6.00. The molecule has 2 nitrogen and oxygen atoms in total. The third-order valence-electron chi connectivity index (χ3n) is 4.26. The number of hydrogen-bond donors (Lipinski definition) is 1. The van der Waals surface area contributed by atoms with Crippen LogP contribution in [0.4, 0.5) is 0 Å². The van der Waals surface area contributed by atoms with Gasteiger partial charge in [0.15, 0.2) is 0 Å². The van der Waals surface area contributed by atoms with Gasteiger partial charge in [0.1, 0.15) is 5.75 Å². The fourth-order valence-electron chi connectivity index (χ4n) is 3.52. The summed E-state index contributed by atoms with van der Waals surface area (Å²) < 4.78 is 0. The lowest BCUT2D eigenvalue weighted by Crippen LogP contribution is -2.35. The van der Waals surface area contributed by atoms with Crippen LogP contribution in [0.15, 0.2) is 30.9 Å². The van der Waals surface area contributed by atoms with Crippen LogP contribution in [0.3, 0.4) is 0 Å². The minimum Gasteiger partial charge on any atom is -0.508 e. The summed E-state index contributed by atoms with van der Waals surface area (Å²) in [5.74, 6) is 1.03. The highest BCUT2D eigenvalue weighted by molar-refractivity contribution is 5.40. The van der Waals surface area contributed by atoms with Crippen LogP contribution in [0.25, 0.3) is 0 Å². The molecule has 0 amide bonds. The molecule has 0 bridgehead atoms. The van der Waals surface area contributed by atoms with Gasteiger partial charge in [0.25, 0.3) is 0 Å². The van der Waals surface area contributed by atoms with E-state index in [9.17, 15) is 5.11 Å². The van der Waals surface area contributed by atoms with Gasteiger partial charge in [0.2, 0.25) is 0 Å². The number of phenols is 1. The molecule has 1 N–H and O–H groups in total. The summed E-state index contributed by atoms with van der Waals surface area (Å²) in [6.07, 6.45) is 5.61. The number of aromatic hydroxyl groups is 1. The minimum atomic E-state index is 0.409. The summed E-state index contributed by atoms with van der Waals surface area (Å²) in [7, 11) is 0. The summed E-state index contributed by atoms with van der Waals surface area (Å²) in [4.78, 5) is 2.53. The van der Waals surface area contributed by atoms with Crippen LogP contribution in [0.2, 0.25) is 0 Å². The molecule has 1 heterocycles. The zero-order valence-electron chi connectivity index (χ0n) is 10.1. The number of phenolic OH excluding ortho intramolecular Hbond substituents is 1. The van der Waals surface area contributed by atoms with Gasteiger partial charge in [-0.05, 0) is 49.1 Å². The lowest BCUT2D eigenvalue weighted by Gasteiger charge is -2.33. The standard InChI is InChI=1S/C15H19NO/c1-2-8-16-9-7-13-14-10-12(17)5-3-11(14)4-6-15(13)16/h2-3,5,10,13,15,17H,1,4,6-9H2. The maximum atomic E-state index is 9.65. The number of hydrogen-bond acceptors (Lipinski definition) is 2. The Morgan fingerprint density at radius 1 is 1.41 bits per heavy atom. The van der Waals surface area contributed by atoms with Gasteiger partial charge in [-0.25, -0.2) is 0 Å². The first-order valence-electron chi connectivity index (χ1n) is 6.46. The van der Waals surface area contributed by atoms with Crippen molar-refractivity contribution in [2.45, 2.75) is 31.2 Å². The minimum absolute atomic E-state index is 0.409. The van der Waals surface area contributed by atoms with E-state index in [0.29, 0.717) is 17.7 Å². The smallest absolute Gasteiger partial charge is 0.115 e. The zero-order chi connectivity index (χ0) is 11.8. The Hall–Kier alpha value is -1.28. The van der Waals surface area contributed by atoms with Crippen LogP contribution in [0.1, 0.15) is 29.9 Å². The summed E-state index contributed by atoms with van der Waals surface area (Å²) in [5, 5.41) is 9.65. The van der Waals surface area contributed by atoms with E-state index in [0.717, 1.165) is 19.5 Å². The fourth-order valence-corrected chi connectivity index (χ4v) is 3.52. The number of fused-ring (bicyclic) bond motifs is 3. The van der Waals surface area contributed by atoms with E-state index in [1.54, 1.807) is 0 Å². The molecular formula is C15H19NO. The van der Waals surface area contributed by atoms with E-state index in [-0.39, 0.29) is 0 Å². The molecule has 0 radical (unpaired) electrons. The van der Waals surface area contributed by atoms with Crippen molar-refractivity contribution in [2.75, 3.05) is 13.1 Å². The largest absolute Gasteiger partial charge is 0.508 e. The van der Waals surface area contributed by atoms with Crippen LogP contribution in [0, 0.1) is 0 Å². The second-order valence-corrected chi connectivity index (χ2v) is 5.17. The van der Waals surface area contributed by atoms with Crippen molar-refractivity contribution >= 4 is 0 Å². The van der Waals surface area contributed by atoms with Gasteiger partial charge in [0, 0.05) is 18.5 Å². The Balaban J connectivity index is 1.92. The third-order valence-corrected chi connectivity index (χ3v) is 4.26. The van der Waals surface area contributed by atoms with E-state index in [1.165, 1.54) is 24.0 Å². The van der Waals surface area contributed by atoms with E-state index >= 15 is 0 Å². The molecule has 2 unspecified atom stereocenters. The summed E-state index contributed by atoms with van der Waals surface area (Å²) in [6, 6.07) is 6.54. The Kier molecular flexibility index (Phi) is 2.67. The van der Waals surface area contributed by atoms with Gasteiger partial charge in [-0.1, -0.05) is 12.1 Å². The van der Waals surface area contributed by atoms with Crippen molar-refractivity contribution < 1.29 is 5.11 Å². The molecule has 1 aliphatic carbocycles. The van der Waals surface area contributed by atoms with Crippen LogP contribution < -0.4 is 0 Å². The lowest BCUT2D eigenvalue weighted by atomic mass is 9.79. The maximum absolute atomic E-state index is 9.65. The van der Waals surface area contributed by atoms with Gasteiger partial charge in [-0.15, -0.1) is 6.58 Å². The molecule has 1 aliphatic heterocycles. The van der Waals surface area contributed by atoms with E-state index < -0.39 is 0 Å². The first-order valence-corrected chi connectivity index (χ1v) is 6.46. The van der Waals surface area contributed by atoms with E-state index in [2.05, 4.69) is 17.5 Å². The quantitative estimate of drug-likeness (QED) is 0.788. The molecular weight excluding hydrogens is 210 g/mol. The highest BCUT2D eigenvalue weighted by Gasteiger charge is 2.37. The van der Waals surface area contributed by atoms with Gasteiger partial charge in [-0.2, -0.15) is 0 Å². The zero-order valence-corrected chi connectivity index (χ0v) is 10.1. The normalized spacial score (nSPS) is 27.5. The SMILES string of the molecule is C=CCN1CCC2c3cc(O)ccc3CCC21. The molecule has 2 heteroatoms. The topological polar surface area (TPSA) is 23.5 Å². The van der Waals surface area contributed by atoms with Gasteiger partial charge in [0.05, 0.1) is 0 Å². The number of likely N-dealkylation sites (tertiary alicyclic amines) is 1. The molecule has 1 aromatic rings. The van der Waals surface area contributed by atoms with Crippen molar-refractivity contribution in [3.8, 4) is 5.75 Å². The Labute approximate surface area is 103 Å². The van der Waals surface area contributed by atoms with Crippen LogP contribution >= 0.6 is 0 Å². The lowest BCUT2D eigenvalue weighted by molar-refractivity contribution is 0.249. The third kappa shape index (κ3) is 1.77.